The van der Waals surface area contributed by atoms with E-state index in [1.54, 1.807) is 6.92 Å². The topological polar surface area (TPSA) is 118 Å². The van der Waals surface area contributed by atoms with Crippen molar-refractivity contribution >= 4 is 22.1 Å². The number of aliphatic hydroxyl groups is 1. The van der Waals surface area contributed by atoms with E-state index >= 15 is 0 Å². The molecule has 8 heteroatoms. The minimum atomic E-state index is -4.36. The van der Waals surface area contributed by atoms with Crippen LogP contribution in [-0.4, -0.2) is 36.7 Å². The molecule has 104 valence electrons. The van der Waals surface area contributed by atoms with Gasteiger partial charge >= 0.3 is 22.1 Å². The van der Waals surface area contributed by atoms with Gasteiger partial charge in [-0.2, -0.15) is 8.42 Å². The molecule has 1 aromatic rings. The van der Waals surface area contributed by atoms with Crippen molar-refractivity contribution in [2.24, 2.45) is 0 Å². The standard InChI is InChI=1S/C11H12O7S/c1-7-2-4-8(5-3-7)19(16,17)18-11(15)9(12)6-10(13)14/h2-5,9,12H,6H2,1H3,(H,13,14). The van der Waals surface area contributed by atoms with E-state index in [1.807, 2.05) is 0 Å². The second kappa shape index (κ2) is 5.81. The second-order valence-electron chi connectivity index (χ2n) is 3.78. The molecule has 0 aliphatic heterocycles. The van der Waals surface area contributed by atoms with Gasteiger partial charge in [-0.05, 0) is 19.1 Å². The molecular weight excluding hydrogens is 276 g/mol. The zero-order chi connectivity index (χ0) is 14.6. The molecule has 0 saturated carbocycles. The van der Waals surface area contributed by atoms with Crippen LogP contribution in [0.2, 0.25) is 0 Å². The van der Waals surface area contributed by atoms with Crippen LogP contribution >= 0.6 is 0 Å². The number of carboxylic acid groups (broad SMARTS) is 1. The molecule has 19 heavy (non-hydrogen) atoms. The lowest BCUT2D eigenvalue weighted by atomic mass is 10.2. The van der Waals surface area contributed by atoms with Gasteiger partial charge in [-0.15, -0.1) is 0 Å². The Morgan fingerprint density at radius 2 is 1.79 bits per heavy atom. The molecule has 0 saturated heterocycles. The molecule has 0 aliphatic rings. The molecule has 1 aromatic carbocycles. The Morgan fingerprint density at radius 3 is 2.26 bits per heavy atom. The lowest BCUT2D eigenvalue weighted by Crippen LogP contribution is -2.28. The summed E-state index contributed by atoms with van der Waals surface area (Å²) in [7, 11) is -4.36. The van der Waals surface area contributed by atoms with E-state index in [1.165, 1.54) is 24.3 Å². The van der Waals surface area contributed by atoms with Crippen molar-refractivity contribution in [3.05, 3.63) is 29.8 Å². The van der Waals surface area contributed by atoms with Gasteiger partial charge < -0.3 is 14.4 Å². The third-order valence-electron chi connectivity index (χ3n) is 2.14. The van der Waals surface area contributed by atoms with E-state index in [0.717, 1.165) is 5.56 Å². The Hall–Kier alpha value is -1.93. The number of benzene rings is 1. The lowest BCUT2D eigenvalue weighted by molar-refractivity contribution is -0.150. The van der Waals surface area contributed by atoms with Crippen molar-refractivity contribution in [3.8, 4) is 0 Å². The van der Waals surface area contributed by atoms with E-state index < -0.39 is 34.6 Å². The number of hydrogen-bond acceptors (Lipinski definition) is 6. The second-order valence-corrected chi connectivity index (χ2v) is 5.33. The number of rotatable bonds is 5. The van der Waals surface area contributed by atoms with E-state index in [0.29, 0.717) is 0 Å². The molecule has 2 N–H and O–H groups in total. The van der Waals surface area contributed by atoms with Gasteiger partial charge in [-0.25, -0.2) is 4.79 Å². The fourth-order valence-electron chi connectivity index (χ4n) is 1.17. The zero-order valence-corrected chi connectivity index (χ0v) is 10.8. The number of aliphatic hydroxyl groups excluding tert-OH is 1. The first-order valence-corrected chi connectivity index (χ1v) is 6.58. The molecule has 0 bridgehead atoms. The van der Waals surface area contributed by atoms with Gasteiger partial charge in [0.15, 0.2) is 6.10 Å². The number of carbonyl (C=O) groups is 2. The van der Waals surface area contributed by atoms with Gasteiger partial charge in [-0.3, -0.25) is 4.79 Å². The van der Waals surface area contributed by atoms with Crippen LogP contribution in [0.25, 0.3) is 0 Å². The van der Waals surface area contributed by atoms with Crippen LogP contribution < -0.4 is 0 Å². The molecule has 0 radical (unpaired) electrons. The molecule has 0 fully saturated rings. The Labute approximate surface area is 109 Å². The Bertz CT molecular complexity index is 574. The SMILES string of the molecule is Cc1ccc(S(=O)(=O)OC(=O)C(O)CC(=O)O)cc1. The molecule has 0 aliphatic carbocycles. The van der Waals surface area contributed by atoms with Crippen LogP contribution in [0.5, 0.6) is 0 Å². The summed E-state index contributed by atoms with van der Waals surface area (Å²) in [5.74, 6) is -2.97. The molecule has 7 nitrogen and oxygen atoms in total. The molecule has 0 heterocycles. The van der Waals surface area contributed by atoms with E-state index in [-0.39, 0.29) is 4.90 Å². The van der Waals surface area contributed by atoms with Gasteiger partial charge in [0.05, 0.1) is 6.42 Å². The van der Waals surface area contributed by atoms with Crippen LogP contribution in [0.15, 0.2) is 29.2 Å². The predicted octanol–water partition coefficient (Wildman–Crippen LogP) is 0.0625. The average Bonchev–Trinajstić information content (AvgIpc) is 2.27. The summed E-state index contributed by atoms with van der Waals surface area (Å²) in [6.45, 7) is 1.75. The highest BCUT2D eigenvalue weighted by molar-refractivity contribution is 7.87. The number of aliphatic carboxylic acids is 1. The molecule has 0 amide bonds. The largest absolute Gasteiger partial charge is 0.481 e. The maximum absolute atomic E-state index is 11.6. The Kier molecular flexibility index (Phi) is 4.62. The summed E-state index contributed by atoms with van der Waals surface area (Å²) in [5, 5.41) is 17.5. The minimum absolute atomic E-state index is 0.256. The fraction of sp³-hybridized carbons (Fsp3) is 0.273. The van der Waals surface area contributed by atoms with Crippen molar-refractivity contribution in [1.29, 1.82) is 0 Å². The van der Waals surface area contributed by atoms with Crippen LogP contribution in [0, 0.1) is 6.92 Å². The van der Waals surface area contributed by atoms with Crippen molar-refractivity contribution in [3.63, 3.8) is 0 Å². The van der Waals surface area contributed by atoms with Gasteiger partial charge in [0.1, 0.15) is 4.90 Å². The number of aryl methyl sites for hydroxylation is 1. The third-order valence-corrected chi connectivity index (χ3v) is 3.37. The zero-order valence-electron chi connectivity index (χ0n) is 9.94. The summed E-state index contributed by atoms with van der Waals surface area (Å²) in [4.78, 5) is 21.2. The summed E-state index contributed by atoms with van der Waals surface area (Å²) >= 11 is 0. The van der Waals surface area contributed by atoms with Crippen LogP contribution in [-0.2, 0) is 23.9 Å². The summed E-state index contributed by atoms with van der Waals surface area (Å²) in [6.07, 6.45) is -2.96. The first-order valence-electron chi connectivity index (χ1n) is 5.17. The molecule has 1 unspecified atom stereocenters. The van der Waals surface area contributed by atoms with Crippen molar-refractivity contribution in [1.82, 2.24) is 0 Å². The summed E-state index contributed by atoms with van der Waals surface area (Å²) in [5.41, 5.74) is 0.816. The molecule has 0 spiro atoms. The quantitative estimate of drug-likeness (QED) is 0.735. The van der Waals surface area contributed by atoms with E-state index in [2.05, 4.69) is 4.18 Å². The average molecular weight is 288 g/mol. The molecule has 1 atom stereocenters. The monoisotopic (exact) mass is 288 g/mol. The Balaban J connectivity index is 2.83. The first kappa shape index (κ1) is 15.1. The van der Waals surface area contributed by atoms with Crippen LogP contribution in [0.1, 0.15) is 12.0 Å². The molecular formula is C11H12O7S. The van der Waals surface area contributed by atoms with E-state index in [9.17, 15) is 18.0 Å². The smallest absolute Gasteiger partial charge is 0.351 e. The summed E-state index contributed by atoms with van der Waals surface area (Å²) in [6, 6.07) is 5.49. The predicted molar refractivity (Wildman–Crippen MR) is 62.7 cm³/mol. The minimum Gasteiger partial charge on any atom is -0.481 e. The lowest BCUT2D eigenvalue weighted by Gasteiger charge is -2.09. The fourth-order valence-corrected chi connectivity index (χ4v) is 2.06. The first-order chi connectivity index (χ1) is 8.72. The highest BCUT2D eigenvalue weighted by atomic mass is 32.2. The van der Waals surface area contributed by atoms with Crippen molar-refractivity contribution in [2.45, 2.75) is 24.3 Å². The van der Waals surface area contributed by atoms with Crippen molar-refractivity contribution in [2.75, 3.05) is 0 Å². The highest BCUT2D eigenvalue weighted by Crippen LogP contribution is 2.14. The Morgan fingerprint density at radius 1 is 1.26 bits per heavy atom. The maximum atomic E-state index is 11.6. The third kappa shape index (κ3) is 4.34. The number of hydrogen-bond donors (Lipinski definition) is 2. The van der Waals surface area contributed by atoms with Crippen LogP contribution in [0.3, 0.4) is 0 Å². The summed E-state index contributed by atoms with van der Waals surface area (Å²) < 4.78 is 27.4. The maximum Gasteiger partial charge on any atom is 0.351 e. The number of carboxylic acids is 1. The van der Waals surface area contributed by atoms with Gasteiger partial charge in [0, 0.05) is 0 Å². The van der Waals surface area contributed by atoms with Gasteiger partial charge in [-0.1, -0.05) is 17.7 Å². The highest BCUT2D eigenvalue weighted by Gasteiger charge is 2.27. The van der Waals surface area contributed by atoms with Crippen LogP contribution in [0.4, 0.5) is 0 Å². The molecule has 0 aromatic heterocycles. The van der Waals surface area contributed by atoms with Crippen molar-refractivity contribution < 1.29 is 32.4 Å². The van der Waals surface area contributed by atoms with Gasteiger partial charge in [0.2, 0.25) is 0 Å². The van der Waals surface area contributed by atoms with E-state index in [4.69, 9.17) is 10.2 Å². The van der Waals surface area contributed by atoms with Gasteiger partial charge in [0.25, 0.3) is 0 Å². The molecule has 1 rings (SSSR count). The normalized spacial score (nSPS) is 12.7. The number of carbonyl (C=O) groups excluding carboxylic acids is 1.